The minimum Gasteiger partial charge on any atom is -0.360 e. The maximum atomic E-state index is 12.9. The predicted octanol–water partition coefficient (Wildman–Crippen LogP) is 4.47. The number of nitrogens with zero attached hydrogens (tertiary/aromatic N) is 5. The molecule has 4 rings (SSSR count). The highest BCUT2D eigenvalue weighted by Crippen LogP contribution is 2.26. The Kier molecular flexibility index (Phi) is 5.34. The normalized spacial score (nSPS) is 11.2. The van der Waals surface area contributed by atoms with E-state index in [1.54, 1.807) is 0 Å². The fraction of sp³-hybridized carbons (Fsp3) is 0.273. The molecule has 0 saturated heterocycles. The number of hydrogen-bond acceptors (Lipinski definition) is 6. The van der Waals surface area contributed by atoms with Gasteiger partial charge in [0.1, 0.15) is 5.76 Å². The van der Waals surface area contributed by atoms with Gasteiger partial charge in [0.2, 0.25) is 0 Å². The Bertz CT molecular complexity index is 1220. The van der Waals surface area contributed by atoms with E-state index in [0.29, 0.717) is 16.5 Å². The molecule has 0 fully saturated rings. The highest BCUT2D eigenvalue weighted by Gasteiger charge is 2.20. The van der Waals surface area contributed by atoms with E-state index in [9.17, 15) is 4.79 Å². The van der Waals surface area contributed by atoms with Crippen molar-refractivity contribution in [2.45, 2.75) is 32.9 Å². The molecular formula is C22H23N5O2S. The van der Waals surface area contributed by atoms with E-state index in [1.807, 2.05) is 80.3 Å². The smallest absolute Gasteiger partial charge is 0.191 e. The molecule has 3 aromatic heterocycles. The molecule has 154 valence electrons. The Morgan fingerprint density at radius 1 is 1.07 bits per heavy atom. The van der Waals surface area contributed by atoms with Gasteiger partial charge in [0, 0.05) is 35.6 Å². The molecule has 7 nitrogen and oxygen atoms in total. The summed E-state index contributed by atoms with van der Waals surface area (Å²) in [6.45, 7) is 7.78. The third kappa shape index (κ3) is 3.70. The van der Waals surface area contributed by atoms with Crippen molar-refractivity contribution in [2.75, 3.05) is 5.75 Å². The van der Waals surface area contributed by atoms with Crippen LogP contribution in [0.4, 0.5) is 0 Å². The molecule has 0 bridgehead atoms. The number of carbonyl (C=O) groups is 1. The van der Waals surface area contributed by atoms with E-state index in [1.165, 1.54) is 17.3 Å². The monoisotopic (exact) mass is 421 g/mol. The molecule has 0 unspecified atom stereocenters. The van der Waals surface area contributed by atoms with Crippen LogP contribution in [0.25, 0.3) is 17.2 Å². The Morgan fingerprint density at radius 3 is 2.47 bits per heavy atom. The van der Waals surface area contributed by atoms with Crippen LogP contribution < -0.4 is 0 Å². The molecular weight excluding hydrogens is 398 g/mol. The van der Waals surface area contributed by atoms with Crippen LogP contribution in [0.1, 0.15) is 33.1 Å². The van der Waals surface area contributed by atoms with Crippen LogP contribution in [0.15, 0.2) is 46.1 Å². The summed E-state index contributed by atoms with van der Waals surface area (Å²) in [5.74, 6) is 2.52. The Labute approximate surface area is 179 Å². The van der Waals surface area contributed by atoms with Crippen LogP contribution in [0, 0.1) is 27.7 Å². The largest absolute Gasteiger partial charge is 0.360 e. The summed E-state index contributed by atoms with van der Waals surface area (Å²) in [6.07, 6.45) is 0. The predicted molar refractivity (Wildman–Crippen MR) is 116 cm³/mol. The Morgan fingerprint density at radius 2 is 1.80 bits per heavy atom. The van der Waals surface area contributed by atoms with Gasteiger partial charge >= 0.3 is 0 Å². The van der Waals surface area contributed by atoms with Gasteiger partial charge < -0.3 is 9.09 Å². The number of benzene rings is 1. The fourth-order valence-electron chi connectivity index (χ4n) is 3.46. The van der Waals surface area contributed by atoms with E-state index in [0.717, 1.165) is 28.5 Å². The molecule has 0 atom stereocenters. The average Bonchev–Trinajstić information content (AvgIpc) is 3.38. The second-order valence-corrected chi connectivity index (χ2v) is 8.30. The lowest BCUT2D eigenvalue weighted by molar-refractivity contribution is 0.102. The highest BCUT2D eigenvalue weighted by atomic mass is 32.2. The van der Waals surface area contributed by atoms with Crippen LogP contribution in [0.3, 0.4) is 0 Å². The number of aromatic nitrogens is 5. The van der Waals surface area contributed by atoms with E-state index < -0.39 is 0 Å². The first-order valence-electron chi connectivity index (χ1n) is 9.60. The van der Waals surface area contributed by atoms with Crippen LogP contribution in [0.5, 0.6) is 0 Å². The molecule has 0 spiro atoms. The third-order valence-corrected chi connectivity index (χ3v) is 6.07. The molecule has 4 aromatic rings. The lowest BCUT2D eigenvalue weighted by Gasteiger charge is -2.06. The molecule has 1 aromatic carbocycles. The van der Waals surface area contributed by atoms with Crippen molar-refractivity contribution in [3.05, 3.63) is 64.7 Å². The number of carbonyl (C=O) groups excluding carboxylic acids is 1. The van der Waals surface area contributed by atoms with Crippen molar-refractivity contribution >= 4 is 17.5 Å². The number of hydrogen-bond donors (Lipinski definition) is 0. The van der Waals surface area contributed by atoms with Gasteiger partial charge in [-0.1, -0.05) is 46.7 Å². The first kappa shape index (κ1) is 20.2. The summed E-state index contributed by atoms with van der Waals surface area (Å²) in [5, 5.41) is 13.4. The van der Waals surface area contributed by atoms with Crippen molar-refractivity contribution in [3.8, 4) is 17.2 Å². The van der Waals surface area contributed by atoms with Gasteiger partial charge in [0.05, 0.1) is 5.75 Å². The lowest BCUT2D eigenvalue weighted by Crippen LogP contribution is -2.06. The molecule has 8 heteroatoms. The van der Waals surface area contributed by atoms with Crippen molar-refractivity contribution in [3.63, 3.8) is 0 Å². The molecule has 0 aliphatic carbocycles. The summed E-state index contributed by atoms with van der Waals surface area (Å²) >= 11 is 1.39. The SMILES string of the molecule is Cc1ccc(-c2nnc(SCC(=O)c3cc(C)n(-c4cc(C)on4)c3C)n2C)cc1. The topological polar surface area (TPSA) is 78.7 Å². The standard InChI is InChI=1S/C22H23N5O2S/c1-13-6-8-17(9-7-13)21-23-24-22(26(21)5)30-12-19(28)18-10-14(2)27(16(18)4)20-11-15(3)29-25-20/h6-11H,12H2,1-5H3. The minimum atomic E-state index is 0.0412. The van der Waals surface area contributed by atoms with Crippen LogP contribution in [-0.2, 0) is 7.05 Å². The van der Waals surface area contributed by atoms with E-state index in [4.69, 9.17) is 4.52 Å². The molecule has 0 aliphatic heterocycles. The minimum absolute atomic E-state index is 0.0412. The zero-order valence-corrected chi connectivity index (χ0v) is 18.4. The maximum Gasteiger partial charge on any atom is 0.191 e. The van der Waals surface area contributed by atoms with Gasteiger partial charge in [-0.2, -0.15) is 0 Å². The molecule has 0 amide bonds. The van der Waals surface area contributed by atoms with Gasteiger partial charge in [-0.3, -0.25) is 9.36 Å². The maximum absolute atomic E-state index is 12.9. The van der Waals surface area contributed by atoms with Crippen molar-refractivity contribution in [1.82, 2.24) is 24.5 Å². The lowest BCUT2D eigenvalue weighted by atomic mass is 10.1. The summed E-state index contributed by atoms with van der Waals surface area (Å²) in [4.78, 5) is 12.9. The van der Waals surface area contributed by atoms with Gasteiger partial charge in [-0.05, 0) is 33.8 Å². The highest BCUT2D eigenvalue weighted by molar-refractivity contribution is 7.99. The van der Waals surface area contributed by atoms with Gasteiger partial charge in [0.15, 0.2) is 22.6 Å². The second-order valence-electron chi connectivity index (χ2n) is 7.36. The average molecular weight is 422 g/mol. The van der Waals surface area contributed by atoms with Crippen LogP contribution in [0.2, 0.25) is 0 Å². The number of rotatable bonds is 6. The molecule has 3 heterocycles. The van der Waals surface area contributed by atoms with Crippen molar-refractivity contribution < 1.29 is 9.32 Å². The van der Waals surface area contributed by atoms with Crippen molar-refractivity contribution in [2.24, 2.45) is 7.05 Å². The quantitative estimate of drug-likeness (QED) is 0.338. The summed E-state index contributed by atoms with van der Waals surface area (Å²) in [5.41, 5.74) is 4.67. The van der Waals surface area contributed by atoms with E-state index in [-0.39, 0.29) is 11.5 Å². The summed E-state index contributed by atoms with van der Waals surface area (Å²) in [7, 11) is 1.92. The van der Waals surface area contributed by atoms with Crippen LogP contribution >= 0.6 is 11.8 Å². The van der Waals surface area contributed by atoms with Crippen molar-refractivity contribution in [1.29, 1.82) is 0 Å². The Hall–Kier alpha value is -3.13. The zero-order chi connectivity index (χ0) is 21.4. The number of thioether (sulfide) groups is 1. The third-order valence-electron chi connectivity index (χ3n) is 5.05. The van der Waals surface area contributed by atoms with E-state index in [2.05, 4.69) is 15.4 Å². The van der Waals surface area contributed by atoms with Gasteiger partial charge in [-0.25, -0.2) is 0 Å². The number of ketones is 1. The Balaban J connectivity index is 1.51. The summed E-state index contributed by atoms with van der Waals surface area (Å²) in [6, 6.07) is 11.9. The zero-order valence-electron chi connectivity index (χ0n) is 17.6. The second kappa shape index (κ2) is 7.95. The summed E-state index contributed by atoms with van der Waals surface area (Å²) < 4.78 is 9.04. The fourth-order valence-corrected chi connectivity index (χ4v) is 4.25. The number of aryl methyl sites for hydroxylation is 3. The molecule has 30 heavy (non-hydrogen) atoms. The first-order chi connectivity index (χ1) is 14.3. The van der Waals surface area contributed by atoms with Gasteiger partial charge in [0.25, 0.3) is 0 Å². The van der Waals surface area contributed by atoms with Crippen LogP contribution in [-0.4, -0.2) is 36.0 Å². The molecule has 0 radical (unpaired) electrons. The first-order valence-corrected chi connectivity index (χ1v) is 10.6. The molecule has 0 aliphatic rings. The van der Waals surface area contributed by atoms with Gasteiger partial charge in [-0.15, -0.1) is 10.2 Å². The molecule has 0 saturated carbocycles. The van der Waals surface area contributed by atoms with E-state index >= 15 is 0 Å². The molecule has 0 N–H and O–H groups in total. The number of Topliss-reactive ketones (excluding diaryl/α,β-unsaturated/α-hetero) is 1.